The monoisotopic (exact) mass is 359 g/mol. The van der Waals surface area contributed by atoms with E-state index < -0.39 is 11.5 Å². The molecule has 0 heterocycles. The van der Waals surface area contributed by atoms with E-state index >= 15 is 0 Å². The minimum Gasteiger partial charge on any atom is -0.481 e. The number of rotatable bonds is 7. The van der Waals surface area contributed by atoms with Crippen molar-refractivity contribution < 1.29 is 19.1 Å². The number of amides is 1. The van der Waals surface area contributed by atoms with Gasteiger partial charge in [-0.05, 0) is 46.5 Å². The normalized spacial score (nSPS) is 11.2. The van der Waals surface area contributed by atoms with Gasteiger partial charge in [-0.2, -0.15) is 0 Å². The Morgan fingerprint density at radius 3 is 2.43 bits per heavy atom. The topological polar surface area (TPSA) is 66.4 Å². The highest BCUT2D eigenvalue weighted by Crippen LogP contribution is 2.21. The predicted octanol–water partition coefficient (Wildman–Crippen LogP) is 3.28. The maximum atomic E-state index is 13.1. The maximum Gasteiger partial charge on any atom is 0.305 e. The molecule has 21 heavy (non-hydrogen) atoms. The van der Waals surface area contributed by atoms with E-state index in [9.17, 15) is 14.0 Å². The molecule has 0 aliphatic rings. The van der Waals surface area contributed by atoms with Gasteiger partial charge in [0.15, 0.2) is 0 Å². The second kappa shape index (κ2) is 7.54. The molecule has 6 heteroatoms. The predicted molar refractivity (Wildman–Crippen MR) is 81.5 cm³/mol. The fourth-order valence-corrected chi connectivity index (χ4v) is 2.61. The molecule has 2 N–H and O–H groups in total. The third-order valence-corrected chi connectivity index (χ3v) is 4.20. The van der Waals surface area contributed by atoms with Crippen LogP contribution in [0.25, 0.3) is 0 Å². The summed E-state index contributed by atoms with van der Waals surface area (Å²) in [5.74, 6) is -1.59. The molecule has 0 unspecified atom stereocenters. The van der Waals surface area contributed by atoms with E-state index in [1.54, 1.807) is 6.07 Å². The van der Waals surface area contributed by atoms with Crippen LogP contribution in [0.3, 0.4) is 0 Å². The van der Waals surface area contributed by atoms with Gasteiger partial charge in [-0.1, -0.05) is 19.9 Å². The summed E-state index contributed by atoms with van der Waals surface area (Å²) in [4.78, 5) is 23.1. The highest BCUT2D eigenvalue weighted by atomic mass is 79.9. The Bertz CT molecular complexity index is 530. The summed E-state index contributed by atoms with van der Waals surface area (Å²) in [5.41, 5.74) is -0.0719. The summed E-state index contributed by atoms with van der Waals surface area (Å²) in [6, 6.07) is 4.37. The lowest BCUT2D eigenvalue weighted by molar-refractivity contribution is -0.139. The van der Waals surface area contributed by atoms with Gasteiger partial charge >= 0.3 is 5.97 Å². The number of aliphatic carboxylic acids is 1. The molecule has 0 bridgehead atoms. The van der Waals surface area contributed by atoms with Crippen LogP contribution in [0.2, 0.25) is 0 Å². The second-order valence-electron chi connectivity index (χ2n) is 5.03. The van der Waals surface area contributed by atoms with Gasteiger partial charge in [0, 0.05) is 5.54 Å². The summed E-state index contributed by atoms with van der Waals surface area (Å²) in [6.07, 6.45) is 1.04. The van der Waals surface area contributed by atoms with Gasteiger partial charge in [0.05, 0.1) is 17.3 Å². The van der Waals surface area contributed by atoms with Gasteiger partial charge < -0.3 is 10.4 Å². The molecular formula is C15H19BrFNO3. The lowest BCUT2D eigenvalue weighted by Gasteiger charge is -2.31. The summed E-state index contributed by atoms with van der Waals surface area (Å²) in [7, 11) is 0. The van der Waals surface area contributed by atoms with Crippen molar-refractivity contribution in [3.8, 4) is 0 Å². The van der Waals surface area contributed by atoms with Crippen molar-refractivity contribution in [3.05, 3.63) is 34.1 Å². The van der Waals surface area contributed by atoms with Crippen molar-refractivity contribution in [1.29, 1.82) is 0 Å². The first-order valence-corrected chi connectivity index (χ1v) is 7.58. The van der Waals surface area contributed by atoms with E-state index in [0.29, 0.717) is 22.9 Å². The Morgan fingerprint density at radius 1 is 1.33 bits per heavy atom. The zero-order valence-corrected chi connectivity index (χ0v) is 13.7. The molecule has 1 aromatic rings. The third-order valence-electron chi connectivity index (χ3n) is 3.60. The smallest absolute Gasteiger partial charge is 0.305 e. The molecule has 0 atom stereocenters. The number of carboxylic acid groups (broad SMARTS) is 1. The minimum absolute atomic E-state index is 0.0836. The molecule has 4 nitrogen and oxygen atoms in total. The average molecular weight is 360 g/mol. The third kappa shape index (κ3) is 5.12. The Morgan fingerprint density at radius 2 is 1.95 bits per heavy atom. The van der Waals surface area contributed by atoms with Crippen molar-refractivity contribution in [1.82, 2.24) is 5.32 Å². The Kier molecular flexibility index (Phi) is 6.33. The van der Waals surface area contributed by atoms with Crippen LogP contribution in [0.5, 0.6) is 0 Å². The molecule has 1 aromatic carbocycles. The average Bonchev–Trinajstić information content (AvgIpc) is 2.41. The largest absolute Gasteiger partial charge is 0.481 e. The highest BCUT2D eigenvalue weighted by molar-refractivity contribution is 9.10. The second-order valence-corrected chi connectivity index (χ2v) is 5.89. The molecule has 1 rings (SSSR count). The van der Waals surface area contributed by atoms with Gasteiger partial charge in [-0.3, -0.25) is 9.59 Å². The van der Waals surface area contributed by atoms with E-state index in [2.05, 4.69) is 21.2 Å². The number of benzene rings is 1. The lowest BCUT2D eigenvalue weighted by atomic mass is 9.88. The first kappa shape index (κ1) is 17.6. The molecule has 0 saturated carbocycles. The first-order valence-electron chi connectivity index (χ1n) is 6.78. The number of hydrogen-bond donors (Lipinski definition) is 2. The van der Waals surface area contributed by atoms with Crippen LogP contribution in [0, 0.1) is 5.82 Å². The molecule has 1 amide bonds. The number of carbonyl (C=O) groups is 2. The van der Waals surface area contributed by atoms with Gasteiger partial charge in [-0.15, -0.1) is 0 Å². The van der Waals surface area contributed by atoms with Crippen molar-refractivity contribution in [3.63, 3.8) is 0 Å². The molecule has 0 aliphatic carbocycles. The number of nitrogens with one attached hydrogen (secondary N) is 1. The van der Waals surface area contributed by atoms with Gasteiger partial charge in [0.2, 0.25) is 5.91 Å². The van der Waals surface area contributed by atoms with Crippen molar-refractivity contribution in [2.75, 3.05) is 0 Å². The molecular weight excluding hydrogens is 341 g/mol. The van der Waals surface area contributed by atoms with E-state index in [0.717, 1.165) is 0 Å². The van der Waals surface area contributed by atoms with Crippen LogP contribution in [-0.4, -0.2) is 22.5 Å². The van der Waals surface area contributed by atoms with Gasteiger partial charge in [0.25, 0.3) is 0 Å². The van der Waals surface area contributed by atoms with E-state index in [-0.39, 0.29) is 24.6 Å². The fraction of sp³-hybridized carbons (Fsp3) is 0.467. The van der Waals surface area contributed by atoms with Crippen LogP contribution in [-0.2, 0) is 16.0 Å². The van der Waals surface area contributed by atoms with Crippen molar-refractivity contribution >= 4 is 27.8 Å². The quantitative estimate of drug-likeness (QED) is 0.784. The molecule has 0 aliphatic heterocycles. The Hall–Kier alpha value is -1.43. The summed E-state index contributed by atoms with van der Waals surface area (Å²) in [6.45, 7) is 3.70. The SMILES string of the molecule is CCC(CC)(CC(=O)O)NC(=O)Cc1ccc(F)c(Br)c1. The van der Waals surface area contributed by atoms with Gasteiger partial charge in [-0.25, -0.2) is 4.39 Å². The Labute approximate surface area is 131 Å². The Balaban J connectivity index is 2.78. The lowest BCUT2D eigenvalue weighted by Crippen LogP contribution is -2.49. The van der Waals surface area contributed by atoms with Crippen LogP contribution < -0.4 is 5.32 Å². The van der Waals surface area contributed by atoms with Crippen molar-refractivity contribution in [2.45, 2.75) is 45.1 Å². The minimum atomic E-state index is -0.941. The van der Waals surface area contributed by atoms with E-state index in [4.69, 9.17) is 5.11 Å². The van der Waals surface area contributed by atoms with E-state index in [1.165, 1.54) is 12.1 Å². The zero-order chi connectivity index (χ0) is 16.0. The fourth-order valence-electron chi connectivity index (χ4n) is 2.19. The molecule has 0 radical (unpaired) electrons. The van der Waals surface area contributed by atoms with Crippen LogP contribution >= 0.6 is 15.9 Å². The maximum absolute atomic E-state index is 13.1. The van der Waals surface area contributed by atoms with Crippen LogP contribution in [0.15, 0.2) is 22.7 Å². The van der Waals surface area contributed by atoms with Crippen LogP contribution in [0.1, 0.15) is 38.7 Å². The molecule has 0 saturated heterocycles. The van der Waals surface area contributed by atoms with Gasteiger partial charge in [0.1, 0.15) is 5.82 Å². The summed E-state index contributed by atoms with van der Waals surface area (Å²) >= 11 is 3.07. The van der Waals surface area contributed by atoms with E-state index in [1.807, 2.05) is 13.8 Å². The van der Waals surface area contributed by atoms with Crippen LogP contribution in [0.4, 0.5) is 4.39 Å². The zero-order valence-electron chi connectivity index (χ0n) is 12.1. The summed E-state index contributed by atoms with van der Waals surface area (Å²) < 4.78 is 13.4. The highest BCUT2D eigenvalue weighted by Gasteiger charge is 2.30. The standard InChI is InChI=1S/C15H19BrFNO3/c1-3-15(4-2,9-14(20)21)18-13(19)8-10-5-6-12(17)11(16)7-10/h5-7H,3-4,8-9H2,1-2H3,(H,18,19)(H,20,21). The first-order chi connectivity index (χ1) is 9.81. The molecule has 116 valence electrons. The number of halogens is 2. The number of hydrogen-bond acceptors (Lipinski definition) is 2. The summed E-state index contributed by atoms with van der Waals surface area (Å²) in [5, 5.41) is 11.8. The molecule has 0 spiro atoms. The number of carbonyl (C=O) groups excluding carboxylic acids is 1. The number of carboxylic acids is 1. The molecule has 0 aromatic heterocycles. The molecule has 0 fully saturated rings. The van der Waals surface area contributed by atoms with Crippen molar-refractivity contribution in [2.24, 2.45) is 0 Å².